The molecule has 47 heavy (non-hydrogen) atoms. The third kappa shape index (κ3) is 11.1. The third-order valence-electron chi connectivity index (χ3n) is 7.21. The van der Waals surface area contributed by atoms with Gasteiger partial charge in [0.05, 0.1) is 37.9 Å². The lowest BCUT2D eigenvalue weighted by molar-refractivity contribution is -0.757. The Hall–Kier alpha value is -4.99. The van der Waals surface area contributed by atoms with Crippen LogP contribution in [0.4, 0.5) is 16.6 Å². The first-order valence-corrected chi connectivity index (χ1v) is 15.5. The molecule has 0 saturated carbocycles. The summed E-state index contributed by atoms with van der Waals surface area (Å²) >= 11 is 6.31. The van der Waals surface area contributed by atoms with Crippen LogP contribution in [0.25, 0.3) is 0 Å². The molecule has 1 amide bonds. The van der Waals surface area contributed by atoms with E-state index in [1.165, 1.54) is 6.20 Å². The summed E-state index contributed by atoms with van der Waals surface area (Å²) in [7, 11) is 1.54. The first-order chi connectivity index (χ1) is 22.8. The van der Waals surface area contributed by atoms with Crippen molar-refractivity contribution in [3.63, 3.8) is 0 Å². The summed E-state index contributed by atoms with van der Waals surface area (Å²) < 4.78 is 15.8. The van der Waals surface area contributed by atoms with Crippen molar-refractivity contribution >= 4 is 35.4 Å². The zero-order valence-corrected chi connectivity index (χ0v) is 26.7. The minimum absolute atomic E-state index is 0.0478. The fraction of sp³-hybridized carbons (Fsp3) is 0.467. The normalized spacial score (nSPS) is 13.9. The number of aromatic nitrogens is 4. The Labute approximate surface area is 276 Å². The number of halogens is 1. The van der Waals surface area contributed by atoms with Gasteiger partial charge in [-0.25, -0.2) is 19.7 Å². The number of unbranched alkanes of at least 4 members (excludes halogenated alkanes) is 3. The molecule has 17 heteroatoms. The van der Waals surface area contributed by atoms with Crippen LogP contribution in [0.3, 0.4) is 0 Å². The molecule has 1 atom stereocenters. The van der Waals surface area contributed by atoms with Gasteiger partial charge in [0.15, 0.2) is 0 Å². The van der Waals surface area contributed by atoms with Crippen molar-refractivity contribution in [3.05, 3.63) is 74.9 Å². The third-order valence-corrected chi connectivity index (χ3v) is 7.50. The van der Waals surface area contributed by atoms with E-state index >= 15 is 0 Å². The average molecular weight is 673 g/mol. The standard InChI is InChI=1S/C30H37ClN8O8/c1-44-25-10-9-21(16-24(25)31)17-34-27-23(28(40)35-19-26-32-11-7-12-33-26)18-36-29(37-27)38-13-6-8-22(38)20-46-30(41)45-14-4-2-3-5-15-47-39(42)43/h7,9-12,16,18,22H,2-6,8,13-15,17,19-20H2,1H3,(H,35,40)(H,34,36,37). The molecule has 4 rings (SSSR count). The topological polar surface area (TPSA) is 193 Å². The predicted molar refractivity (Wildman–Crippen MR) is 170 cm³/mol. The monoisotopic (exact) mass is 672 g/mol. The fourth-order valence-electron chi connectivity index (χ4n) is 4.82. The Morgan fingerprint density at radius 2 is 1.87 bits per heavy atom. The van der Waals surface area contributed by atoms with E-state index in [-0.39, 0.29) is 38.0 Å². The van der Waals surface area contributed by atoms with E-state index in [2.05, 4.69) is 30.4 Å². The summed E-state index contributed by atoms with van der Waals surface area (Å²) in [6.07, 6.45) is 8.06. The van der Waals surface area contributed by atoms with E-state index < -0.39 is 17.1 Å². The minimum atomic E-state index is -0.814. The zero-order valence-electron chi connectivity index (χ0n) is 25.9. The second kappa shape index (κ2) is 18.2. The molecule has 0 bridgehead atoms. The number of benzene rings is 1. The molecular formula is C30H37ClN8O8. The van der Waals surface area contributed by atoms with Crippen LogP contribution in [0.1, 0.15) is 60.3 Å². The van der Waals surface area contributed by atoms with Crippen LogP contribution in [0.15, 0.2) is 42.9 Å². The van der Waals surface area contributed by atoms with Crippen LogP contribution in [0, 0.1) is 10.1 Å². The van der Waals surface area contributed by atoms with Gasteiger partial charge in [-0.05, 0) is 55.9 Å². The number of hydrogen-bond donors (Lipinski definition) is 2. The van der Waals surface area contributed by atoms with Crippen molar-refractivity contribution in [2.24, 2.45) is 0 Å². The van der Waals surface area contributed by atoms with Crippen LogP contribution in [-0.2, 0) is 27.4 Å². The number of methoxy groups -OCH3 is 1. The van der Waals surface area contributed by atoms with E-state index in [4.69, 9.17) is 30.8 Å². The minimum Gasteiger partial charge on any atom is -0.495 e. The maximum Gasteiger partial charge on any atom is 0.508 e. The molecule has 3 aromatic rings. The fourth-order valence-corrected chi connectivity index (χ4v) is 5.10. The molecule has 1 unspecified atom stereocenters. The Morgan fingerprint density at radius 1 is 1.09 bits per heavy atom. The van der Waals surface area contributed by atoms with E-state index in [1.807, 2.05) is 11.0 Å². The molecule has 2 aromatic heterocycles. The number of anilines is 2. The number of amides is 1. The molecule has 1 aliphatic rings. The quantitative estimate of drug-likeness (QED) is 0.0837. The van der Waals surface area contributed by atoms with Gasteiger partial charge in [-0.1, -0.05) is 24.1 Å². The SMILES string of the molecule is COc1ccc(CNc2nc(N3CCCC3COC(=O)OCCCCCCO[N+](=O)[O-])ncc2C(=O)NCc2ncccn2)cc1Cl. The summed E-state index contributed by atoms with van der Waals surface area (Å²) in [5.74, 6) is 1.29. The van der Waals surface area contributed by atoms with Gasteiger partial charge in [0.2, 0.25) is 5.95 Å². The summed E-state index contributed by atoms with van der Waals surface area (Å²) in [6, 6.07) is 6.89. The molecule has 0 radical (unpaired) electrons. The highest BCUT2D eigenvalue weighted by atomic mass is 35.5. The lowest BCUT2D eigenvalue weighted by Crippen LogP contribution is -2.35. The molecule has 1 fully saturated rings. The lowest BCUT2D eigenvalue weighted by Gasteiger charge is -2.25. The van der Waals surface area contributed by atoms with Crippen molar-refractivity contribution in [2.45, 2.75) is 57.7 Å². The lowest BCUT2D eigenvalue weighted by atomic mass is 10.2. The number of carbonyl (C=O) groups excluding carboxylic acids is 2. The smallest absolute Gasteiger partial charge is 0.495 e. The highest BCUT2D eigenvalue weighted by Gasteiger charge is 2.29. The molecule has 2 N–H and O–H groups in total. The summed E-state index contributed by atoms with van der Waals surface area (Å²) in [5.41, 5.74) is 1.07. The van der Waals surface area contributed by atoms with Crippen LogP contribution < -0.4 is 20.3 Å². The van der Waals surface area contributed by atoms with Crippen LogP contribution in [0.5, 0.6) is 5.75 Å². The number of nitrogens with one attached hydrogen (secondary N) is 2. The molecule has 1 saturated heterocycles. The van der Waals surface area contributed by atoms with Gasteiger partial charge < -0.3 is 34.6 Å². The van der Waals surface area contributed by atoms with Gasteiger partial charge in [0.1, 0.15) is 29.6 Å². The largest absolute Gasteiger partial charge is 0.508 e. The van der Waals surface area contributed by atoms with Gasteiger partial charge in [-0.2, -0.15) is 4.98 Å². The van der Waals surface area contributed by atoms with E-state index in [0.29, 0.717) is 54.3 Å². The van der Waals surface area contributed by atoms with Gasteiger partial charge >= 0.3 is 6.16 Å². The molecule has 3 heterocycles. The van der Waals surface area contributed by atoms with Gasteiger partial charge in [0, 0.05) is 31.7 Å². The van der Waals surface area contributed by atoms with Crippen LogP contribution >= 0.6 is 11.6 Å². The highest BCUT2D eigenvalue weighted by molar-refractivity contribution is 6.32. The molecule has 1 aliphatic heterocycles. The predicted octanol–water partition coefficient (Wildman–Crippen LogP) is 4.36. The summed E-state index contributed by atoms with van der Waals surface area (Å²) in [5, 5.41) is 15.8. The number of nitrogens with zero attached hydrogens (tertiary/aromatic N) is 6. The summed E-state index contributed by atoms with van der Waals surface area (Å²) in [6.45, 7) is 1.37. The van der Waals surface area contributed by atoms with Gasteiger partial charge in [-0.15, -0.1) is 10.1 Å². The Balaban J connectivity index is 1.36. The van der Waals surface area contributed by atoms with Gasteiger partial charge in [-0.3, -0.25) is 4.79 Å². The number of hydrogen-bond acceptors (Lipinski definition) is 14. The number of carbonyl (C=O) groups is 2. The van der Waals surface area contributed by atoms with Crippen LogP contribution in [0.2, 0.25) is 5.02 Å². The summed E-state index contributed by atoms with van der Waals surface area (Å²) in [4.78, 5) is 59.3. The molecule has 0 aliphatic carbocycles. The average Bonchev–Trinajstić information content (AvgIpc) is 3.55. The highest BCUT2D eigenvalue weighted by Crippen LogP contribution is 2.27. The zero-order chi connectivity index (χ0) is 33.4. The van der Waals surface area contributed by atoms with E-state index in [1.54, 1.807) is 37.7 Å². The Bertz CT molecular complexity index is 1490. The maximum atomic E-state index is 13.2. The van der Waals surface area contributed by atoms with E-state index in [9.17, 15) is 19.7 Å². The van der Waals surface area contributed by atoms with Crippen molar-refractivity contribution < 1.29 is 33.7 Å². The molecular weight excluding hydrogens is 636 g/mol. The first kappa shape index (κ1) is 34.9. The van der Waals surface area contributed by atoms with E-state index in [0.717, 1.165) is 31.2 Å². The molecule has 0 spiro atoms. The van der Waals surface area contributed by atoms with Crippen molar-refractivity contribution in [3.8, 4) is 5.75 Å². The molecule has 1 aromatic carbocycles. The molecule has 252 valence electrons. The second-order valence-corrected chi connectivity index (χ2v) is 10.9. The van der Waals surface area contributed by atoms with Crippen LogP contribution in [-0.4, -0.2) is 76.6 Å². The molecule has 16 nitrogen and oxygen atoms in total. The van der Waals surface area contributed by atoms with Crippen molar-refractivity contribution in [2.75, 3.05) is 43.7 Å². The number of ether oxygens (including phenoxy) is 3. The first-order valence-electron chi connectivity index (χ1n) is 15.1. The van der Waals surface area contributed by atoms with Crippen molar-refractivity contribution in [1.29, 1.82) is 0 Å². The second-order valence-electron chi connectivity index (χ2n) is 10.5. The van der Waals surface area contributed by atoms with Gasteiger partial charge in [0.25, 0.3) is 11.0 Å². The van der Waals surface area contributed by atoms with Crippen molar-refractivity contribution in [1.82, 2.24) is 25.3 Å². The number of rotatable bonds is 18. The Morgan fingerprint density at radius 3 is 2.62 bits per heavy atom. The maximum absolute atomic E-state index is 13.2. The Kier molecular flexibility index (Phi) is 13.5.